The number of likely N-dealkylation sites (tertiary alicyclic amines) is 1. The summed E-state index contributed by atoms with van der Waals surface area (Å²) in [5, 5.41) is 0. The molecule has 0 aromatic heterocycles. The van der Waals surface area contributed by atoms with Crippen LogP contribution in [0.25, 0.3) is 0 Å². The van der Waals surface area contributed by atoms with Crippen molar-refractivity contribution in [2.45, 2.75) is 84.7 Å². The summed E-state index contributed by atoms with van der Waals surface area (Å²) in [6, 6.07) is 13.7. The second-order valence-corrected chi connectivity index (χ2v) is 13.1. The van der Waals surface area contributed by atoms with Gasteiger partial charge in [0.1, 0.15) is 5.82 Å². The summed E-state index contributed by atoms with van der Waals surface area (Å²) in [7, 11) is -3.55. The van der Waals surface area contributed by atoms with Crippen molar-refractivity contribution in [2.75, 3.05) is 31.9 Å². The van der Waals surface area contributed by atoms with E-state index in [-0.39, 0.29) is 49.1 Å². The molecule has 226 valence electrons. The Bertz CT molecular complexity index is 1210. The molecule has 0 radical (unpaired) electrons. The van der Waals surface area contributed by atoms with Crippen LogP contribution in [0.15, 0.2) is 48.5 Å². The number of nitrogens with zero attached hydrogens (tertiary/aromatic N) is 3. The molecule has 0 saturated carbocycles. The third kappa shape index (κ3) is 9.64. The van der Waals surface area contributed by atoms with Crippen molar-refractivity contribution in [3.05, 3.63) is 71.0 Å². The van der Waals surface area contributed by atoms with Gasteiger partial charge in [-0.1, -0.05) is 57.9 Å². The maximum atomic E-state index is 13.7. The molecule has 9 heteroatoms. The van der Waals surface area contributed by atoms with E-state index in [0.29, 0.717) is 44.3 Å². The van der Waals surface area contributed by atoms with Crippen molar-refractivity contribution >= 4 is 21.8 Å². The summed E-state index contributed by atoms with van der Waals surface area (Å²) < 4.78 is 40.6. The Morgan fingerprint density at radius 2 is 1.51 bits per heavy atom. The van der Waals surface area contributed by atoms with Crippen molar-refractivity contribution in [1.29, 1.82) is 0 Å². The number of carbonyl (C=O) groups excluding carboxylic acids is 2. The van der Waals surface area contributed by atoms with E-state index in [2.05, 4.69) is 6.92 Å². The average Bonchev–Trinajstić information content (AvgIpc) is 2.97. The molecule has 0 bridgehead atoms. The van der Waals surface area contributed by atoms with E-state index in [9.17, 15) is 22.4 Å². The van der Waals surface area contributed by atoms with Gasteiger partial charge in [-0.3, -0.25) is 9.59 Å². The second kappa shape index (κ2) is 16.0. The first-order valence-electron chi connectivity index (χ1n) is 15.1. The smallest absolute Gasteiger partial charge is 0.253 e. The van der Waals surface area contributed by atoms with Crippen LogP contribution in [0.3, 0.4) is 0 Å². The van der Waals surface area contributed by atoms with E-state index < -0.39 is 10.0 Å². The largest absolute Gasteiger partial charge is 0.338 e. The minimum absolute atomic E-state index is 0.00153. The highest BCUT2D eigenvalue weighted by atomic mass is 32.2. The molecule has 0 spiro atoms. The normalized spacial score (nSPS) is 14.4. The van der Waals surface area contributed by atoms with Crippen LogP contribution in [-0.2, 0) is 27.8 Å². The third-order valence-electron chi connectivity index (χ3n) is 7.69. The van der Waals surface area contributed by atoms with E-state index in [1.165, 1.54) is 34.8 Å². The van der Waals surface area contributed by atoms with Crippen LogP contribution in [0.1, 0.15) is 87.2 Å². The van der Waals surface area contributed by atoms with E-state index in [4.69, 9.17) is 0 Å². The number of halogens is 1. The fraction of sp³-hybridized carbons (Fsp3) is 0.562. The van der Waals surface area contributed by atoms with Crippen LogP contribution in [-0.4, -0.2) is 72.3 Å². The van der Waals surface area contributed by atoms with Gasteiger partial charge in [0, 0.05) is 37.8 Å². The van der Waals surface area contributed by atoms with Crippen LogP contribution in [0.5, 0.6) is 0 Å². The molecule has 41 heavy (non-hydrogen) atoms. The topological polar surface area (TPSA) is 78.0 Å². The van der Waals surface area contributed by atoms with Crippen LogP contribution < -0.4 is 0 Å². The van der Waals surface area contributed by atoms with Gasteiger partial charge in [-0.25, -0.2) is 12.8 Å². The molecular weight excluding hydrogens is 541 g/mol. The SMILES string of the molecule is CCCCCc1ccc(C(=O)N2CCC(N(Cc3ccc(F)cc3)C(=O)CN(CCC)S(=O)(=O)CCC)CC2)cc1. The molecule has 3 rings (SSSR count). The number of amides is 2. The molecule has 0 atom stereocenters. The zero-order chi connectivity index (χ0) is 29.8. The Morgan fingerprint density at radius 3 is 2.10 bits per heavy atom. The fourth-order valence-electron chi connectivity index (χ4n) is 5.36. The molecule has 1 fully saturated rings. The molecule has 0 aliphatic carbocycles. The van der Waals surface area contributed by atoms with E-state index in [0.717, 1.165) is 18.4 Å². The van der Waals surface area contributed by atoms with Gasteiger partial charge in [0.05, 0.1) is 12.3 Å². The Hall–Kier alpha value is -2.78. The maximum absolute atomic E-state index is 13.7. The number of carbonyl (C=O) groups is 2. The number of sulfonamides is 1. The van der Waals surface area contributed by atoms with Gasteiger partial charge in [-0.2, -0.15) is 4.31 Å². The van der Waals surface area contributed by atoms with Crippen molar-refractivity contribution < 1.29 is 22.4 Å². The number of hydrogen-bond donors (Lipinski definition) is 0. The van der Waals surface area contributed by atoms with Crippen molar-refractivity contribution in [1.82, 2.24) is 14.1 Å². The van der Waals surface area contributed by atoms with E-state index in [1.807, 2.05) is 36.1 Å². The van der Waals surface area contributed by atoms with Gasteiger partial charge in [0.25, 0.3) is 5.91 Å². The summed E-state index contributed by atoms with van der Waals surface area (Å²) in [4.78, 5) is 30.5. The zero-order valence-corrected chi connectivity index (χ0v) is 25.7. The van der Waals surface area contributed by atoms with Gasteiger partial charge in [-0.15, -0.1) is 0 Å². The van der Waals surface area contributed by atoms with Gasteiger partial charge in [0.2, 0.25) is 15.9 Å². The van der Waals surface area contributed by atoms with Crippen LogP contribution in [0.4, 0.5) is 4.39 Å². The Kier molecular flexibility index (Phi) is 12.8. The predicted octanol–water partition coefficient (Wildman–Crippen LogP) is 5.64. The van der Waals surface area contributed by atoms with E-state index >= 15 is 0 Å². The minimum atomic E-state index is -3.55. The highest BCUT2D eigenvalue weighted by molar-refractivity contribution is 7.89. The third-order valence-corrected chi connectivity index (χ3v) is 9.71. The first kappa shape index (κ1) is 32.7. The molecule has 2 amide bonds. The minimum Gasteiger partial charge on any atom is -0.338 e. The maximum Gasteiger partial charge on any atom is 0.253 e. The van der Waals surface area contributed by atoms with Gasteiger partial charge < -0.3 is 9.80 Å². The number of rotatable bonds is 15. The first-order chi connectivity index (χ1) is 19.7. The van der Waals surface area contributed by atoms with Gasteiger partial charge in [-0.05, 0) is 73.9 Å². The first-order valence-corrected chi connectivity index (χ1v) is 16.7. The average molecular weight is 588 g/mol. The monoisotopic (exact) mass is 587 g/mol. The zero-order valence-electron chi connectivity index (χ0n) is 24.9. The Balaban J connectivity index is 1.70. The van der Waals surface area contributed by atoms with Gasteiger partial charge in [0.15, 0.2) is 0 Å². The predicted molar refractivity (Wildman–Crippen MR) is 161 cm³/mol. The van der Waals surface area contributed by atoms with Crippen molar-refractivity contribution in [3.8, 4) is 0 Å². The number of unbranched alkanes of at least 4 members (excludes halogenated alkanes) is 2. The molecule has 0 unspecified atom stereocenters. The quantitative estimate of drug-likeness (QED) is 0.253. The summed E-state index contributed by atoms with van der Waals surface area (Å²) in [5.74, 6) is -0.642. The molecular formula is C32H46FN3O4S. The second-order valence-electron chi connectivity index (χ2n) is 11.0. The lowest BCUT2D eigenvalue weighted by Crippen LogP contribution is -2.51. The molecule has 2 aromatic carbocycles. The lowest BCUT2D eigenvalue weighted by Gasteiger charge is -2.39. The molecule has 1 saturated heterocycles. The fourth-order valence-corrected chi connectivity index (χ4v) is 6.90. The van der Waals surface area contributed by atoms with Crippen LogP contribution in [0, 0.1) is 5.82 Å². The number of piperidine rings is 1. The number of hydrogen-bond acceptors (Lipinski definition) is 4. The molecule has 1 aliphatic rings. The summed E-state index contributed by atoms with van der Waals surface area (Å²) in [6.07, 6.45) is 6.78. The summed E-state index contributed by atoms with van der Waals surface area (Å²) in [5.41, 5.74) is 2.68. The van der Waals surface area contributed by atoms with Crippen LogP contribution in [0.2, 0.25) is 0 Å². The highest BCUT2D eigenvalue weighted by Gasteiger charge is 2.32. The Morgan fingerprint density at radius 1 is 0.878 bits per heavy atom. The highest BCUT2D eigenvalue weighted by Crippen LogP contribution is 2.22. The van der Waals surface area contributed by atoms with Gasteiger partial charge >= 0.3 is 0 Å². The molecule has 1 heterocycles. The molecule has 1 aliphatic heterocycles. The summed E-state index contributed by atoms with van der Waals surface area (Å²) in [6.45, 7) is 7.20. The Labute approximate surface area is 245 Å². The molecule has 0 N–H and O–H groups in total. The van der Waals surface area contributed by atoms with E-state index in [1.54, 1.807) is 24.0 Å². The molecule has 7 nitrogen and oxygen atoms in total. The number of benzene rings is 2. The molecule has 2 aromatic rings. The van der Waals surface area contributed by atoms with Crippen molar-refractivity contribution in [2.24, 2.45) is 0 Å². The standard InChI is InChI=1S/C32H46FN3O4S/c1-4-7-8-9-26-10-14-28(15-11-26)32(38)34-21-18-30(19-22-34)36(24-27-12-16-29(33)17-13-27)31(37)25-35(20-5-2)41(39,40)23-6-3/h10-17,30H,4-9,18-25H2,1-3H3. The summed E-state index contributed by atoms with van der Waals surface area (Å²) >= 11 is 0. The lowest BCUT2D eigenvalue weighted by atomic mass is 10.00. The van der Waals surface area contributed by atoms with Crippen LogP contribution >= 0.6 is 0 Å². The van der Waals surface area contributed by atoms with Crippen molar-refractivity contribution in [3.63, 3.8) is 0 Å². The number of aryl methyl sites for hydroxylation is 1. The lowest BCUT2D eigenvalue weighted by molar-refractivity contribution is -0.135.